The van der Waals surface area contributed by atoms with Crippen molar-refractivity contribution >= 4 is 41.7 Å². The number of esters is 1. The van der Waals surface area contributed by atoms with Crippen molar-refractivity contribution in [2.24, 2.45) is 4.99 Å². The van der Waals surface area contributed by atoms with Crippen molar-refractivity contribution in [1.29, 1.82) is 0 Å². The van der Waals surface area contributed by atoms with Gasteiger partial charge in [0.15, 0.2) is 0 Å². The molecule has 3 heterocycles. The summed E-state index contributed by atoms with van der Waals surface area (Å²) in [5.41, 5.74) is 3.36. The number of imidazole rings is 1. The van der Waals surface area contributed by atoms with E-state index in [0.717, 1.165) is 22.4 Å². The lowest BCUT2D eigenvalue weighted by Crippen LogP contribution is -2.26. The van der Waals surface area contributed by atoms with Crippen molar-refractivity contribution in [1.82, 2.24) is 14.5 Å². The SMILES string of the molecule is CC(C)(C)OC(=O)Cn1c(/C=C/c2cc[nH]c2)nc(C=C2C=Nc3ccccc32)c1O. The molecule has 0 spiro atoms. The summed E-state index contributed by atoms with van der Waals surface area (Å²) in [5, 5.41) is 10.9. The van der Waals surface area contributed by atoms with Gasteiger partial charge in [-0.25, -0.2) is 4.98 Å². The second-order valence-electron chi connectivity index (χ2n) is 8.20. The lowest BCUT2D eigenvalue weighted by molar-refractivity contribution is -0.155. The first kappa shape index (κ1) is 20.4. The molecule has 0 fully saturated rings. The molecule has 2 N–H and O–H groups in total. The van der Waals surface area contributed by atoms with Gasteiger partial charge in [-0.15, -0.1) is 0 Å². The van der Waals surface area contributed by atoms with E-state index < -0.39 is 11.6 Å². The number of ether oxygens (including phenoxy) is 1. The number of aromatic hydroxyl groups is 1. The molecular weight excluding hydrogens is 392 g/mol. The smallest absolute Gasteiger partial charge is 0.326 e. The van der Waals surface area contributed by atoms with Crippen LogP contribution in [0.3, 0.4) is 0 Å². The van der Waals surface area contributed by atoms with E-state index in [4.69, 9.17) is 4.74 Å². The highest BCUT2D eigenvalue weighted by Gasteiger charge is 2.22. The fraction of sp³-hybridized carbons (Fsp3) is 0.208. The Morgan fingerprint density at radius 3 is 2.77 bits per heavy atom. The van der Waals surface area contributed by atoms with Crippen molar-refractivity contribution in [2.75, 3.05) is 0 Å². The molecule has 0 saturated carbocycles. The quantitative estimate of drug-likeness (QED) is 0.591. The van der Waals surface area contributed by atoms with Crippen LogP contribution in [0.4, 0.5) is 5.69 Å². The zero-order chi connectivity index (χ0) is 22.0. The minimum absolute atomic E-state index is 0.107. The number of aliphatic imine (C=N–C) groups is 1. The Hall–Kier alpha value is -3.87. The highest BCUT2D eigenvalue weighted by Crippen LogP contribution is 2.33. The van der Waals surface area contributed by atoms with Crippen molar-refractivity contribution in [2.45, 2.75) is 32.9 Å². The number of H-pyrrole nitrogens is 1. The van der Waals surface area contributed by atoms with Crippen LogP contribution in [-0.2, 0) is 16.1 Å². The Labute approximate surface area is 180 Å². The molecule has 1 aromatic carbocycles. The normalized spacial score (nSPS) is 14.5. The van der Waals surface area contributed by atoms with Gasteiger partial charge in [0.05, 0.1) is 5.69 Å². The first-order valence-electron chi connectivity index (χ1n) is 9.97. The average molecular weight is 416 g/mol. The minimum atomic E-state index is -0.622. The number of benzene rings is 1. The summed E-state index contributed by atoms with van der Waals surface area (Å²) in [6.07, 6.45) is 10.8. The summed E-state index contributed by atoms with van der Waals surface area (Å²) in [6, 6.07) is 9.67. The molecule has 158 valence electrons. The molecule has 0 amide bonds. The minimum Gasteiger partial charge on any atom is -0.493 e. The highest BCUT2D eigenvalue weighted by atomic mass is 16.6. The van der Waals surface area contributed by atoms with Crippen molar-refractivity contribution in [3.05, 3.63) is 65.4 Å². The van der Waals surface area contributed by atoms with Gasteiger partial charge in [0.2, 0.25) is 5.88 Å². The van der Waals surface area contributed by atoms with Crippen LogP contribution in [0.1, 0.15) is 43.4 Å². The summed E-state index contributed by atoms with van der Waals surface area (Å²) in [4.78, 5) is 24.4. The second kappa shape index (κ2) is 8.10. The van der Waals surface area contributed by atoms with Gasteiger partial charge in [-0.05, 0) is 56.7 Å². The summed E-state index contributed by atoms with van der Waals surface area (Å²) >= 11 is 0. The fourth-order valence-corrected chi connectivity index (χ4v) is 3.28. The molecule has 31 heavy (non-hydrogen) atoms. The summed E-state index contributed by atoms with van der Waals surface area (Å²) in [6.45, 7) is 5.26. The van der Waals surface area contributed by atoms with Gasteiger partial charge < -0.3 is 14.8 Å². The second-order valence-corrected chi connectivity index (χ2v) is 8.20. The van der Waals surface area contributed by atoms with E-state index in [1.54, 1.807) is 39.1 Å². The van der Waals surface area contributed by atoms with E-state index in [2.05, 4.69) is 15.0 Å². The highest BCUT2D eigenvalue weighted by molar-refractivity contribution is 6.21. The molecule has 1 aliphatic heterocycles. The number of aromatic amines is 1. The summed E-state index contributed by atoms with van der Waals surface area (Å²) in [5.74, 6) is -0.118. The predicted molar refractivity (Wildman–Crippen MR) is 122 cm³/mol. The number of aromatic nitrogens is 3. The predicted octanol–water partition coefficient (Wildman–Crippen LogP) is 4.69. The van der Waals surface area contributed by atoms with Crippen LogP contribution in [0.2, 0.25) is 0 Å². The largest absolute Gasteiger partial charge is 0.493 e. The monoisotopic (exact) mass is 416 g/mol. The number of allylic oxidation sites excluding steroid dienone is 1. The van der Waals surface area contributed by atoms with E-state index in [1.165, 1.54) is 4.57 Å². The Bertz CT molecular complexity index is 1190. The summed E-state index contributed by atoms with van der Waals surface area (Å²) < 4.78 is 6.87. The molecular formula is C24H24N4O3. The van der Waals surface area contributed by atoms with Gasteiger partial charge >= 0.3 is 5.97 Å². The van der Waals surface area contributed by atoms with Crippen molar-refractivity contribution in [3.8, 4) is 5.88 Å². The van der Waals surface area contributed by atoms with Gasteiger partial charge in [0.25, 0.3) is 0 Å². The van der Waals surface area contributed by atoms with Gasteiger partial charge in [-0.2, -0.15) is 0 Å². The first-order chi connectivity index (χ1) is 14.8. The molecule has 2 aromatic heterocycles. The number of carbonyl (C=O) groups is 1. The zero-order valence-electron chi connectivity index (χ0n) is 17.7. The van der Waals surface area contributed by atoms with Gasteiger partial charge in [-0.3, -0.25) is 14.4 Å². The molecule has 0 aliphatic carbocycles. The Morgan fingerprint density at radius 2 is 2.03 bits per heavy atom. The Morgan fingerprint density at radius 1 is 1.23 bits per heavy atom. The third kappa shape index (κ3) is 4.66. The lowest BCUT2D eigenvalue weighted by atomic mass is 10.1. The van der Waals surface area contributed by atoms with E-state index in [1.807, 2.05) is 48.8 Å². The number of hydrogen-bond acceptors (Lipinski definition) is 5. The van der Waals surface area contributed by atoms with Gasteiger partial charge in [-0.1, -0.05) is 18.2 Å². The van der Waals surface area contributed by atoms with E-state index in [-0.39, 0.29) is 12.4 Å². The third-order valence-electron chi connectivity index (χ3n) is 4.60. The molecule has 3 aromatic rings. The lowest BCUT2D eigenvalue weighted by Gasteiger charge is -2.20. The maximum absolute atomic E-state index is 12.4. The van der Waals surface area contributed by atoms with Gasteiger partial charge in [0.1, 0.15) is 23.7 Å². The first-order valence-corrected chi connectivity index (χ1v) is 9.97. The Kier molecular flexibility index (Phi) is 5.33. The maximum atomic E-state index is 12.4. The molecule has 0 bridgehead atoms. The number of para-hydroxylation sites is 1. The number of nitrogens with zero attached hydrogens (tertiary/aromatic N) is 3. The molecule has 4 rings (SSSR count). The zero-order valence-corrected chi connectivity index (χ0v) is 17.7. The fourth-order valence-electron chi connectivity index (χ4n) is 3.28. The molecule has 0 unspecified atom stereocenters. The molecule has 0 atom stereocenters. The van der Waals surface area contributed by atoms with Crippen molar-refractivity contribution in [3.63, 3.8) is 0 Å². The van der Waals surface area contributed by atoms with E-state index in [0.29, 0.717) is 11.5 Å². The number of rotatable bonds is 5. The van der Waals surface area contributed by atoms with Crippen LogP contribution < -0.4 is 0 Å². The van der Waals surface area contributed by atoms with Crippen LogP contribution in [-0.4, -0.2) is 37.4 Å². The number of carbonyl (C=O) groups excluding carboxylic acids is 1. The van der Waals surface area contributed by atoms with Crippen LogP contribution in [0, 0.1) is 0 Å². The van der Waals surface area contributed by atoms with Crippen LogP contribution >= 0.6 is 0 Å². The molecule has 1 aliphatic rings. The number of nitrogens with one attached hydrogen (secondary N) is 1. The van der Waals surface area contributed by atoms with Crippen LogP contribution in [0.25, 0.3) is 23.8 Å². The summed E-state index contributed by atoms with van der Waals surface area (Å²) in [7, 11) is 0. The molecule has 7 heteroatoms. The topological polar surface area (TPSA) is 92.5 Å². The molecule has 0 radical (unpaired) electrons. The standard InChI is InChI=1S/C24H24N4O3/c1-24(2,3)31-22(29)15-28-21(9-8-16-10-11-25-13-16)27-20(23(28)30)12-17-14-26-19-7-5-4-6-18(17)19/h4-14,25,30H,15H2,1-3H3/b9-8+,17-12?. The van der Waals surface area contributed by atoms with Gasteiger partial charge in [0, 0.05) is 29.7 Å². The number of hydrogen-bond donors (Lipinski definition) is 2. The van der Waals surface area contributed by atoms with E-state index >= 15 is 0 Å². The maximum Gasteiger partial charge on any atom is 0.326 e. The van der Waals surface area contributed by atoms with Crippen LogP contribution in [0.15, 0.2) is 47.7 Å². The number of fused-ring (bicyclic) bond motifs is 1. The van der Waals surface area contributed by atoms with Crippen molar-refractivity contribution < 1.29 is 14.6 Å². The molecule has 0 saturated heterocycles. The average Bonchev–Trinajstić information content (AvgIpc) is 3.42. The van der Waals surface area contributed by atoms with E-state index in [9.17, 15) is 9.90 Å². The molecule has 7 nitrogen and oxygen atoms in total. The Balaban J connectivity index is 1.71. The third-order valence-corrected chi connectivity index (χ3v) is 4.60. The van der Waals surface area contributed by atoms with Crippen LogP contribution in [0.5, 0.6) is 5.88 Å².